The summed E-state index contributed by atoms with van der Waals surface area (Å²) in [5.41, 5.74) is 0.293. The molecule has 1 aromatic carbocycles. The fourth-order valence-electron chi connectivity index (χ4n) is 3.03. The summed E-state index contributed by atoms with van der Waals surface area (Å²) in [5, 5.41) is 8.70. The van der Waals surface area contributed by atoms with Crippen LogP contribution in [-0.4, -0.2) is 57.7 Å². The van der Waals surface area contributed by atoms with E-state index in [2.05, 4.69) is 15.2 Å². The molecular weight excluding hydrogens is 355 g/mol. The molecule has 9 heteroatoms. The third-order valence-corrected chi connectivity index (χ3v) is 5.45. The highest BCUT2D eigenvalue weighted by Gasteiger charge is 2.29. The maximum Gasteiger partial charge on any atom is 0.298 e. The molecule has 0 N–H and O–H groups in total. The highest BCUT2D eigenvalue weighted by Crippen LogP contribution is 2.31. The Labute approximate surface area is 154 Å². The van der Waals surface area contributed by atoms with Crippen LogP contribution in [0.3, 0.4) is 0 Å². The van der Waals surface area contributed by atoms with Crippen LogP contribution >= 0.6 is 11.3 Å². The van der Waals surface area contributed by atoms with Crippen LogP contribution in [0.4, 0.5) is 9.52 Å². The van der Waals surface area contributed by atoms with Gasteiger partial charge in [0.2, 0.25) is 5.82 Å². The van der Waals surface area contributed by atoms with Crippen LogP contribution in [0.2, 0.25) is 0 Å². The van der Waals surface area contributed by atoms with E-state index in [1.54, 1.807) is 11.0 Å². The van der Waals surface area contributed by atoms with Crippen LogP contribution in [-0.2, 0) is 13.0 Å². The Morgan fingerprint density at radius 1 is 1.31 bits per heavy atom. The van der Waals surface area contributed by atoms with Crippen molar-refractivity contribution >= 4 is 32.6 Å². The number of benzene rings is 1. The van der Waals surface area contributed by atoms with E-state index in [9.17, 15) is 9.18 Å². The predicted octanol–water partition coefficient (Wildman–Crippen LogP) is 2.18. The van der Waals surface area contributed by atoms with Gasteiger partial charge in [-0.15, -0.1) is 10.2 Å². The zero-order valence-corrected chi connectivity index (χ0v) is 15.5. The summed E-state index contributed by atoms with van der Waals surface area (Å²) in [6, 6.07) is 4.84. The number of likely N-dealkylation sites (N-methyl/N-ethyl adjacent to an activating group) is 1. The summed E-state index contributed by atoms with van der Waals surface area (Å²) in [4.78, 5) is 21.2. The Balaban J connectivity index is 1.73. The van der Waals surface area contributed by atoms with Crippen molar-refractivity contribution in [1.82, 2.24) is 24.6 Å². The van der Waals surface area contributed by atoms with E-state index >= 15 is 0 Å². The molecule has 0 unspecified atom stereocenters. The van der Waals surface area contributed by atoms with Crippen LogP contribution in [0.5, 0.6) is 0 Å². The van der Waals surface area contributed by atoms with Gasteiger partial charge in [0.05, 0.1) is 4.70 Å². The second-order valence-corrected chi connectivity index (χ2v) is 7.55. The lowest BCUT2D eigenvalue weighted by Gasteiger charge is -2.21. The first-order valence-electron chi connectivity index (χ1n) is 8.48. The van der Waals surface area contributed by atoms with E-state index in [0.29, 0.717) is 34.3 Å². The molecule has 0 atom stereocenters. The molecule has 7 nitrogen and oxygen atoms in total. The normalized spacial score (nSPS) is 13.5. The summed E-state index contributed by atoms with van der Waals surface area (Å²) in [5.74, 6) is 0.549. The fourth-order valence-corrected chi connectivity index (χ4v) is 4.04. The molecule has 0 fully saturated rings. The number of anilines is 1. The van der Waals surface area contributed by atoms with Crippen LogP contribution < -0.4 is 4.90 Å². The van der Waals surface area contributed by atoms with Crippen molar-refractivity contribution in [2.75, 3.05) is 32.1 Å². The summed E-state index contributed by atoms with van der Waals surface area (Å²) >= 11 is 1.31. The van der Waals surface area contributed by atoms with Crippen molar-refractivity contribution in [2.24, 2.45) is 0 Å². The SMILES string of the molecule is CN(C)CCN(C(=O)c1nnc2n1CCC2)c1nc2c(F)cccc2s1. The lowest BCUT2D eigenvalue weighted by molar-refractivity contribution is 0.0971. The maximum absolute atomic E-state index is 14.0. The minimum atomic E-state index is -0.381. The van der Waals surface area contributed by atoms with Crippen molar-refractivity contribution in [3.8, 4) is 0 Å². The van der Waals surface area contributed by atoms with Gasteiger partial charge in [0, 0.05) is 26.1 Å². The molecule has 0 aliphatic carbocycles. The van der Waals surface area contributed by atoms with Gasteiger partial charge in [0.1, 0.15) is 17.2 Å². The van der Waals surface area contributed by atoms with Gasteiger partial charge in [-0.25, -0.2) is 9.37 Å². The second kappa shape index (κ2) is 6.73. The molecule has 0 saturated carbocycles. The Bertz CT molecular complexity index is 965. The average Bonchev–Trinajstić information content (AvgIpc) is 3.29. The number of carbonyl (C=O) groups excluding carboxylic acids is 1. The number of hydrogen-bond donors (Lipinski definition) is 0. The van der Waals surface area contributed by atoms with Crippen molar-refractivity contribution in [2.45, 2.75) is 19.4 Å². The van der Waals surface area contributed by atoms with Gasteiger partial charge in [-0.3, -0.25) is 9.69 Å². The summed E-state index contributed by atoms with van der Waals surface area (Å²) in [7, 11) is 3.88. The van der Waals surface area contributed by atoms with Crippen LogP contribution in [0, 0.1) is 5.82 Å². The van der Waals surface area contributed by atoms with Crippen LogP contribution in [0.1, 0.15) is 22.9 Å². The Hall–Kier alpha value is -2.39. The van der Waals surface area contributed by atoms with E-state index in [1.807, 2.05) is 29.6 Å². The maximum atomic E-state index is 14.0. The largest absolute Gasteiger partial charge is 0.308 e. The number of amides is 1. The monoisotopic (exact) mass is 374 g/mol. The lowest BCUT2D eigenvalue weighted by Crippen LogP contribution is -2.38. The van der Waals surface area contributed by atoms with E-state index in [4.69, 9.17) is 0 Å². The van der Waals surface area contributed by atoms with E-state index < -0.39 is 0 Å². The molecule has 0 saturated heterocycles. The summed E-state index contributed by atoms with van der Waals surface area (Å²) in [6.07, 6.45) is 1.81. The van der Waals surface area contributed by atoms with Gasteiger partial charge < -0.3 is 9.47 Å². The first-order valence-corrected chi connectivity index (χ1v) is 9.30. The van der Waals surface area contributed by atoms with Crippen molar-refractivity contribution < 1.29 is 9.18 Å². The molecule has 2 aromatic heterocycles. The van der Waals surface area contributed by atoms with E-state index in [-0.39, 0.29) is 11.7 Å². The number of aryl methyl sites for hydroxylation is 1. The summed E-state index contributed by atoms with van der Waals surface area (Å²) in [6.45, 7) is 1.85. The van der Waals surface area contributed by atoms with Gasteiger partial charge in [-0.05, 0) is 32.6 Å². The number of rotatable bonds is 5. The highest BCUT2D eigenvalue weighted by atomic mass is 32.1. The number of thiazole rings is 1. The molecule has 1 aliphatic heterocycles. The molecule has 0 radical (unpaired) electrons. The number of carbonyl (C=O) groups is 1. The van der Waals surface area contributed by atoms with Crippen LogP contribution in [0.25, 0.3) is 10.2 Å². The second-order valence-electron chi connectivity index (χ2n) is 6.54. The standard InChI is InChI=1S/C17H19FN6OS/c1-22(2)9-10-24(16(25)15-21-20-13-7-4-8-23(13)15)17-19-14-11(18)5-3-6-12(14)26-17/h3,5-6H,4,7-10H2,1-2H3. The molecule has 0 bridgehead atoms. The van der Waals surface area contributed by atoms with Gasteiger partial charge >= 0.3 is 0 Å². The third-order valence-electron chi connectivity index (χ3n) is 4.41. The Morgan fingerprint density at radius 3 is 2.92 bits per heavy atom. The Morgan fingerprint density at radius 2 is 2.15 bits per heavy atom. The topological polar surface area (TPSA) is 67.2 Å². The first-order chi connectivity index (χ1) is 12.5. The lowest BCUT2D eigenvalue weighted by atomic mass is 10.3. The molecule has 0 spiro atoms. The minimum Gasteiger partial charge on any atom is -0.308 e. The van der Waals surface area contributed by atoms with Crippen molar-refractivity contribution in [1.29, 1.82) is 0 Å². The molecule has 136 valence electrons. The Kier molecular flexibility index (Phi) is 4.41. The number of para-hydroxylation sites is 1. The smallest absolute Gasteiger partial charge is 0.298 e. The number of halogens is 1. The molecule has 3 aromatic rings. The number of aromatic nitrogens is 4. The minimum absolute atomic E-state index is 0.244. The van der Waals surface area contributed by atoms with Gasteiger partial charge in [0.15, 0.2) is 5.13 Å². The van der Waals surface area contributed by atoms with Crippen molar-refractivity contribution in [3.05, 3.63) is 35.7 Å². The zero-order valence-electron chi connectivity index (χ0n) is 14.6. The van der Waals surface area contributed by atoms with E-state index in [0.717, 1.165) is 25.2 Å². The molecule has 1 amide bonds. The van der Waals surface area contributed by atoms with Gasteiger partial charge in [-0.1, -0.05) is 17.4 Å². The molecular formula is C17H19FN6OS. The molecule has 3 heterocycles. The number of fused-ring (bicyclic) bond motifs is 2. The molecule has 4 rings (SSSR count). The molecule has 26 heavy (non-hydrogen) atoms. The fraction of sp³-hybridized carbons (Fsp3) is 0.412. The highest BCUT2D eigenvalue weighted by molar-refractivity contribution is 7.22. The third kappa shape index (κ3) is 2.97. The quantitative estimate of drug-likeness (QED) is 0.685. The summed E-state index contributed by atoms with van der Waals surface area (Å²) < 4.78 is 16.6. The first kappa shape index (κ1) is 17.0. The zero-order chi connectivity index (χ0) is 18.3. The van der Waals surface area contributed by atoms with Gasteiger partial charge in [0.25, 0.3) is 5.91 Å². The average molecular weight is 374 g/mol. The van der Waals surface area contributed by atoms with Crippen LogP contribution in [0.15, 0.2) is 18.2 Å². The van der Waals surface area contributed by atoms with E-state index in [1.165, 1.54) is 17.4 Å². The van der Waals surface area contributed by atoms with Crippen molar-refractivity contribution in [3.63, 3.8) is 0 Å². The molecule has 1 aliphatic rings. The van der Waals surface area contributed by atoms with Gasteiger partial charge in [-0.2, -0.15) is 0 Å². The predicted molar refractivity (Wildman–Crippen MR) is 98.2 cm³/mol. The number of nitrogens with zero attached hydrogens (tertiary/aromatic N) is 6. The number of hydrogen-bond acceptors (Lipinski definition) is 6.